The number of rotatable bonds is 13. The van der Waals surface area contributed by atoms with Crippen molar-refractivity contribution in [2.24, 2.45) is 23.2 Å². The first kappa shape index (κ1) is 25.5. The predicted molar refractivity (Wildman–Crippen MR) is 116 cm³/mol. The summed E-state index contributed by atoms with van der Waals surface area (Å²) < 4.78 is 0. The van der Waals surface area contributed by atoms with Crippen molar-refractivity contribution in [3.63, 3.8) is 0 Å². The maximum absolute atomic E-state index is 11.5. The maximum Gasteiger partial charge on any atom is 0.306 e. The molecule has 0 radical (unpaired) electrons. The molecule has 0 aromatic heterocycles. The lowest BCUT2D eigenvalue weighted by Crippen LogP contribution is -2.28. The molecule has 1 saturated carbocycles. The van der Waals surface area contributed by atoms with Crippen molar-refractivity contribution >= 4 is 17.6 Å². The predicted octanol–water partition coefficient (Wildman–Crippen LogP) is 5.40. The first-order chi connectivity index (χ1) is 13.1. The third-order valence-corrected chi connectivity index (χ3v) is 6.97. The summed E-state index contributed by atoms with van der Waals surface area (Å²) in [5, 5.41) is 30.4. The molecule has 4 nitrogen and oxygen atoms in total. The van der Waals surface area contributed by atoms with Crippen molar-refractivity contribution in [3.05, 3.63) is 12.2 Å². The molecule has 3 N–H and O–H groups in total. The number of unbranched alkanes of at least 4 members (excludes halogenated alkanes) is 2. The first-order valence-corrected chi connectivity index (χ1v) is 11.5. The molecule has 1 aliphatic rings. The number of carbonyl (C=O) groups is 1. The van der Waals surface area contributed by atoms with Gasteiger partial charge in [0.1, 0.15) is 0 Å². The van der Waals surface area contributed by atoms with Crippen LogP contribution >= 0.6 is 11.6 Å². The van der Waals surface area contributed by atoms with Crippen molar-refractivity contribution in [1.82, 2.24) is 0 Å². The minimum absolute atomic E-state index is 0.0438. The van der Waals surface area contributed by atoms with Gasteiger partial charge in [0.2, 0.25) is 0 Å². The molecule has 0 saturated heterocycles. The fourth-order valence-electron chi connectivity index (χ4n) is 4.24. The Bertz CT molecular complexity index is 491. The monoisotopic (exact) mass is 416 g/mol. The van der Waals surface area contributed by atoms with Crippen LogP contribution in [0.25, 0.3) is 0 Å². The van der Waals surface area contributed by atoms with Crippen LogP contribution in [0.1, 0.15) is 85.5 Å². The Kier molecular flexibility index (Phi) is 11.1. The second-order valence-corrected chi connectivity index (χ2v) is 9.80. The number of alkyl halides is 1. The number of carboxylic acids is 1. The summed E-state index contributed by atoms with van der Waals surface area (Å²) >= 11 is 6.51. The standard InChI is InChI=1S/C23H41ClO4/c1-5-7-9-16(22(27)28)10-11-17-18(20(25)15-19(17)24)12-13-21(26)23(3,4)14-8-6-2/h12-13,16-21,25-26H,5-11,14-15H2,1-4H3,(H,27,28)/b13-12-/t16?,17-,18+,19+,20-,21-/m1/s1. The highest BCUT2D eigenvalue weighted by atomic mass is 35.5. The van der Waals surface area contributed by atoms with Gasteiger partial charge in [-0.3, -0.25) is 4.79 Å². The molecule has 0 bridgehead atoms. The van der Waals surface area contributed by atoms with E-state index in [0.29, 0.717) is 25.7 Å². The molecule has 0 aromatic rings. The number of aliphatic hydroxyl groups is 2. The lowest BCUT2D eigenvalue weighted by molar-refractivity contribution is -0.142. The minimum Gasteiger partial charge on any atom is -0.481 e. The van der Waals surface area contributed by atoms with E-state index in [4.69, 9.17) is 11.6 Å². The highest BCUT2D eigenvalue weighted by molar-refractivity contribution is 6.21. The highest BCUT2D eigenvalue weighted by Crippen LogP contribution is 2.41. The number of aliphatic hydroxyl groups excluding tert-OH is 2. The number of hydrogen-bond donors (Lipinski definition) is 3. The summed E-state index contributed by atoms with van der Waals surface area (Å²) in [6.45, 7) is 8.34. The van der Waals surface area contributed by atoms with Gasteiger partial charge in [0.25, 0.3) is 0 Å². The lowest BCUT2D eigenvalue weighted by atomic mass is 9.80. The van der Waals surface area contributed by atoms with Gasteiger partial charge in [-0.1, -0.05) is 65.5 Å². The summed E-state index contributed by atoms with van der Waals surface area (Å²) in [4.78, 5) is 11.5. The maximum atomic E-state index is 11.5. The zero-order valence-corrected chi connectivity index (χ0v) is 18.9. The molecule has 5 heteroatoms. The summed E-state index contributed by atoms with van der Waals surface area (Å²) in [6.07, 6.45) is 10.1. The van der Waals surface area contributed by atoms with E-state index < -0.39 is 18.2 Å². The van der Waals surface area contributed by atoms with E-state index in [0.717, 1.165) is 32.1 Å². The molecule has 1 rings (SSSR count). The Morgan fingerprint density at radius 3 is 2.43 bits per heavy atom. The average Bonchev–Trinajstić information content (AvgIpc) is 2.90. The van der Waals surface area contributed by atoms with Crippen LogP contribution < -0.4 is 0 Å². The Hall–Kier alpha value is -0.580. The quantitative estimate of drug-likeness (QED) is 0.277. The molecular weight excluding hydrogens is 376 g/mol. The van der Waals surface area contributed by atoms with Crippen LogP contribution in [0.5, 0.6) is 0 Å². The van der Waals surface area contributed by atoms with Gasteiger partial charge in [0.05, 0.1) is 18.1 Å². The van der Waals surface area contributed by atoms with Crippen LogP contribution in [-0.2, 0) is 4.79 Å². The average molecular weight is 417 g/mol. The Morgan fingerprint density at radius 2 is 1.86 bits per heavy atom. The Balaban J connectivity index is 2.75. The van der Waals surface area contributed by atoms with E-state index >= 15 is 0 Å². The third kappa shape index (κ3) is 7.68. The number of hydrogen-bond acceptors (Lipinski definition) is 3. The van der Waals surface area contributed by atoms with E-state index in [2.05, 4.69) is 27.7 Å². The molecule has 1 aliphatic carbocycles. The van der Waals surface area contributed by atoms with Crippen LogP contribution in [0.3, 0.4) is 0 Å². The van der Waals surface area contributed by atoms with Gasteiger partial charge in [0, 0.05) is 11.3 Å². The van der Waals surface area contributed by atoms with Crippen LogP contribution in [0.4, 0.5) is 0 Å². The van der Waals surface area contributed by atoms with Crippen molar-refractivity contribution < 1.29 is 20.1 Å². The molecule has 164 valence electrons. The molecule has 0 amide bonds. The van der Waals surface area contributed by atoms with Gasteiger partial charge in [-0.2, -0.15) is 0 Å². The molecule has 28 heavy (non-hydrogen) atoms. The molecule has 6 atom stereocenters. The van der Waals surface area contributed by atoms with Crippen molar-refractivity contribution in [1.29, 1.82) is 0 Å². The molecule has 0 spiro atoms. The van der Waals surface area contributed by atoms with E-state index in [-0.39, 0.29) is 28.5 Å². The first-order valence-electron chi connectivity index (χ1n) is 11.0. The Labute approximate surface area is 176 Å². The molecule has 0 aliphatic heterocycles. The van der Waals surface area contributed by atoms with Crippen molar-refractivity contribution in [3.8, 4) is 0 Å². The van der Waals surface area contributed by atoms with E-state index in [9.17, 15) is 20.1 Å². The summed E-state index contributed by atoms with van der Waals surface area (Å²) in [5.74, 6) is -1.16. The second kappa shape index (κ2) is 12.2. The van der Waals surface area contributed by atoms with Gasteiger partial charge in [0.15, 0.2) is 0 Å². The molecular formula is C23H41ClO4. The van der Waals surface area contributed by atoms with Crippen LogP contribution in [0.2, 0.25) is 0 Å². The lowest BCUT2D eigenvalue weighted by Gasteiger charge is -2.29. The highest BCUT2D eigenvalue weighted by Gasteiger charge is 2.40. The van der Waals surface area contributed by atoms with Crippen LogP contribution in [-0.4, -0.2) is 38.9 Å². The number of halogens is 1. The zero-order chi connectivity index (χ0) is 21.3. The normalized spacial score (nSPS) is 28.0. The van der Waals surface area contributed by atoms with Crippen molar-refractivity contribution in [2.45, 2.75) is 103 Å². The molecule has 1 fully saturated rings. The topological polar surface area (TPSA) is 77.8 Å². The number of carboxylic acid groups (broad SMARTS) is 1. The molecule has 0 heterocycles. The van der Waals surface area contributed by atoms with E-state index in [1.54, 1.807) is 0 Å². The van der Waals surface area contributed by atoms with Crippen LogP contribution in [0.15, 0.2) is 12.2 Å². The smallest absolute Gasteiger partial charge is 0.306 e. The summed E-state index contributed by atoms with van der Waals surface area (Å²) in [5.41, 5.74) is -0.208. The minimum atomic E-state index is -0.738. The molecule has 1 unspecified atom stereocenters. The second-order valence-electron chi connectivity index (χ2n) is 9.24. The fraction of sp³-hybridized carbons (Fsp3) is 0.870. The van der Waals surface area contributed by atoms with Gasteiger partial charge in [-0.05, 0) is 43.4 Å². The molecule has 0 aromatic carbocycles. The van der Waals surface area contributed by atoms with Gasteiger partial charge < -0.3 is 15.3 Å². The summed E-state index contributed by atoms with van der Waals surface area (Å²) in [7, 11) is 0. The summed E-state index contributed by atoms with van der Waals surface area (Å²) in [6, 6.07) is 0. The number of aliphatic carboxylic acids is 1. The third-order valence-electron chi connectivity index (χ3n) is 6.46. The largest absolute Gasteiger partial charge is 0.481 e. The SMILES string of the molecule is CCCCC(CC[C@@H]1[C@H](/C=C\[C@@H](O)C(C)(C)CCCC)[C@H](O)C[C@@H]1Cl)C(=O)O. The van der Waals surface area contributed by atoms with E-state index in [1.807, 2.05) is 12.2 Å². The van der Waals surface area contributed by atoms with Crippen molar-refractivity contribution in [2.75, 3.05) is 0 Å². The van der Waals surface area contributed by atoms with Gasteiger partial charge in [-0.25, -0.2) is 0 Å². The fourth-order valence-corrected chi connectivity index (χ4v) is 4.72. The van der Waals surface area contributed by atoms with Crippen LogP contribution in [0, 0.1) is 23.2 Å². The zero-order valence-electron chi connectivity index (χ0n) is 18.1. The van der Waals surface area contributed by atoms with Gasteiger partial charge >= 0.3 is 5.97 Å². The van der Waals surface area contributed by atoms with Gasteiger partial charge in [-0.15, -0.1) is 11.6 Å². The Morgan fingerprint density at radius 1 is 1.21 bits per heavy atom. The van der Waals surface area contributed by atoms with E-state index in [1.165, 1.54) is 0 Å².